The van der Waals surface area contributed by atoms with Gasteiger partial charge in [0.1, 0.15) is 5.52 Å². The van der Waals surface area contributed by atoms with Gasteiger partial charge in [0, 0.05) is 4.88 Å². The standard InChI is InChI=1S/C15H16N2OS/c1-4-10-5-6-12-11(7-10)17-15(18-12)13-8(2)9(3)19-14(13)16/h5-7H,4,16H2,1-3H3. The molecule has 0 saturated carbocycles. The number of nitrogen functional groups attached to an aromatic ring is 1. The van der Waals surface area contributed by atoms with E-state index in [1.54, 1.807) is 11.3 Å². The van der Waals surface area contributed by atoms with Gasteiger partial charge in [0.2, 0.25) is 5.89 Å². The minimum absolute atomic E-state index is 0.627. The molecule has 1 aromatic carbocycles. The first-order valence-electron chi connectivity index (χ1n) is 6.35. The molecule has 0 fully saturated rings. The van der Waals surface area contributed by atoms with Crippen molar-refractivity contribution in [2.45, 2.75) is 27.2 Å². The lowest BCUT2D eigenvalue weighted by atomic mass is 10.1. The van der Waals surface area contributed by atoms with Crippen molar-refractivity contribution in [3.8, 4) is 11.5 Å². The SMILES string of the molecule is CCc1ccc2oc(-c3c(N)sc(C)c3C)nc2c1. The van der Waals surface area contributed by atoms with Gasteiger partial charge in [-0.2, -0.15) is 0 Å². The van der Waals surface area contributed by atoms with Crippen molar-refractivity contribution in [1.82, 2.24) is 4.98 Å². The maximum Gasteiger partial charge on any atom is 0.230 e. The Kier molecular flexibility index (Phi) is 2.82. The zero-order valence-electron chi connectivity index (χ0n) is 11.3. The lowest BCUT2D eigenvalue weighted by molar-refractivity contribution is 0.620. The van der Waals surface area contributed by atoms with E-state index in [9.17, 15) is 0 Å². The zero-order valence-corrected chi connectivity index (χ0v) is 12.1. The molecule has 0 atom stereocenters. The van der Waals surface area contributed by atoms with Gasteiger partial charge in [0.05, 0.1) is 10.6 Å². The monoisotopic (exact) mass is 272 g/mol. The minimum Gasteiger partial charge on any atom is -0.436 e. The Labute approximate surface area is 116 Å². The first-order valence-corrected chi connectivity index (χ1v) is 7.17. The van der Waals surface area contributed by atoms with Gasteiger partial charge in [-0.25, -0.2) is 4.98 Å². The van der Waals surface area contributed by atoms with Crippen LogP contribution in [0.25, 0.3) is 22.6 Å². The molecule has 19 heavy (non-hydrogen) atoms. The Balaban J connectivity index is 2.20. The summed E-state index contributed by atoms with van der Waals surface area (Å²) in [6.07, 6.45) is 0.997. The molecule has 0 aliphatic rings. The summed E-state index contributed by atoms with van der Waals surface area (Å²) in [5.74, 6) is 0.627. The molecule has 98 valence electrons. The molecular weight excluding hydrogens is 256 g/mol. The molecule has 0 radical (unpaired) electrons. The molecule has 3 aromatic rings. The number of nitrogens with two attached hydrogens (primary N) is 1. The Morgan fingerprint density at radius 1 is 1.32 bits per heavy atom. The van der Waals surface area contributed by atoms with Crippen molar-refractivity contribution < 1.29 is 4.42 Å². The number of hydrogen-bond acceptors (Lipinski definition) is 4. The summed E-state index contributed by atoms with van der Waals surface area (Å²) in [7, 11) is 0. The highest BCUT2D eigenvalue weighted by Gasteiger charge is 2.17. The number of oxazole rings is 1. The predicted octanol–water partition coefficient (Wildman–Crippen LogP) is 4.32. The molecule has 3 rings (SSSR count). The van der Waals surface area contributed by atoms with Crippen LogP contribution in [0.2, 0.25) is 0 Å². The van der Waals surface area contributed by atoms with Crippen LogP contribution in [-0.2, 0) is 6.42 Å². The van der Waals surface area contributed by atoms with Crippen LogP contribution >= 0.6 is 11.3 Å². The molecule has 3 nitrogen and oxygen atoms in total. The lowest BCUT2D eigenvalue weighted by Crippen LogP contribution is -1.86. The summed E-state index contributed by atoms with van der Waals surface area (Å²) in [4.78, 5) is 5.80. The smallest absolute Gasteiger partial charge is 0.230 e. The van der Waals surface area contributed by atoms with Gasteiger partial charge in [-0.1, -0.05) is 13.0 Å². The second-order valence-corrected chi connectivity index (χ2v) is 5.95. The Morgan fingerprint density at radius 2 is 2.11 bits per heavy atom. The number of rotatable bonds is 2. The average Bonchev–Trinajstić information content (AvgIpc) is 2.90. The topological polar surface area (TPSA) is 52.0 Å². The molecule has 0 amide bonds. The number of aromatic nitrogens is 1. The molecule has 0 aliphatic carbocycles. The molecular formula is C15H16N2OS. The second kappa shape index (κ2) is 4.38. The summed E-state index contributed by atoms with van der Waals surface area (Å²) in [5.41, 5.74) is 11.1. The van der Waals surface area contributed by atoms with E-state index in [1.807, 2.05) is 6.07 Å². The van der Waals surface area contributed by atoms with Gasteiger partial charge < -0.3 is 10.2 Å². The summed E-state index contributed by atoms with van der Waals surface area (Å²) in [5, 5.41) is 0.775. The molecule has 2 aromatic heterocycles. The van der Waals surface area contributed by atoms with Crippen LogP contribution in [0.15, 0.2) is 22.6 Å². The molecule has 4 heteroatoms. The van der Waals surface area contributed by atoms with E-state index in [0.717, 1.165) is 33.6 Å². The number of benzene rings is 1. The van der Waals surface area contributed by atoms with E-state index >= 15 is 0 Å². The third kappa shape index (κ3) is 1.92. The van der Waals surface area contributed by atoms with Crippen LogP contribution < -0.4 is 5.73 Å². The van der Waals surface area contributed by atoms with E-state index in [2.05, 4.69) is 37.9 Å². The molecule has 0 bridgehead atoms. The van der Waals surface area contributed by atoms with Crippen LogP contribution in [0.4, 0.5) is 5.00 Å². The third-order valence-electron chi connectivity index (χ3n) is 3.49. The number of aryl methyl sites for hydroxylation is 2. The van der Waals surface area contributed by atoms with E-state index in [-0.39, 0.29) is 0 Å². The molecule has 2 heterocycles. The molecule has 0 aliphatic heterocycles. The van der Waals surface area contributed by atoms with Crippen LogP contribution in [-0.4, -0.2) is 4.98 Å². The largest absolute Gasteiger partial charge is 0.436 e. The van der Waals surface area contributed by atoms with Crippen molar-refractivity contribution in [3.05, 3.63) is 34.2 Å². The van der Waals surface area contributed by atoms with Crippen LogP contribution in [0, 0.1) is 13.8 Å². The van der Waals surface area contributed by atoms with Crippen LogP contribution in [0.1, 0.15) is 22.9 Å². The van der Waals surface area contributed by atoms with Gasteiger partial charge >= 0.3 is 0 Å². The molecule has 0 spiro atoms. The zero-order chi connectivity index (χ0) is 13.6. The third-order valence-corrected chi connectivity index (χ3v) is 4.52. The predicted molar refractivity (Wildman–Crippen MR) is 80.6 cm³/mol. The van der Waals surface area contributed by atoms with E-state index in [4.69, 9.17) is 10.2 Å². The molecule has 0 saturated heterocycles. The van der Waals surface area contributed by atoms with E-state index in [0.29, 0.717) is 5.89 Å². The van der Waals surface area contributed by atoms with Gasteiger partial charge in [-0.05, 0) is 43.5 Å². The number of anilines is 1. The Hall–Kier alpha value is -1.81. The first-order chi connectivity index (χ1) is 9.10. The number of thiophene rings is 1. The van der Waals surface area contributed by atoms with Crippen LogP contribution in [0.5, 0.6) is 0 Å². The van der Waals surface area contributed by atoms with E-state index in [1.165, 1.54) is 10.4 Å². The summed E-state index contributed by atoms with van der Waals surface area (Å²) in [6, 6.07) is 6.13. The van der Waals surface area contributed by atoms with Crippen molar-refractivity contribution in [2.75, 3.05) is 5.73 Å². The van der Waals surface area contributed by atoms with Crippen molar-refractivity contribution >= 4 is 27.4 Å². The second-order valence-electron chi connectivity index (χ2n) is 4.70. The number of hydrogen-bond donors (Lipinski definition) is 1. The fraction of sp³-hybridized carbons (Fsp3) is 0.267. The first kappa shape index (κ1) is 12.2. The summed E-state index contributed by atoms with van der Waals surface area (Å²) >= 11 is 1.59. The maximum absolute atomic E-state index is 6.07. The fourth-order valence-corrected chi connectivity index (χ4v) is 3.15. The number of fused-ring (bicyclic) bond motifs is 1. The normalized spacial score (nSPS) is 11.3. The summed E-state index contributed by atoms with van der Waals surface area (Å²) in [6.45, 7) is 6.26. The molecule has 2 N–H and O–H groups in total. The highest BCUT2D eigenvalue weighted by molar-refractivity contribution is 7.16. The summed E-state index contributed by atoms with van der Waals surface area (Å²) < 4.78 is 5.84. The minimum atomic E-state index is 0.627. The van der Waals surface area contributed by atoms with Gasteiger partial charge in [-0.15, -0.1) is 11.3 Å². The fourth-order valence-electron chi connectivity index (χ4n) is 2.22. The van der Waals surface area contributed by atoms with Crippen molar-refractivity contribution in [1.29, 1.82) is 0 Å². The van der Waals surface area contributed by atoms with E-state index < -0.39 is 0 Å². The average molecular weight is 272 g/mol. The van der Waals surface area contributed by atoms with Crippen molar-refractivity contribution in [3.63, 3.8) is 0 Å². The quantitative estimate of drug-likeness (QED) is 0.756. The van der Waals surface area contributed by atoms with Gasteiger partial charge in [0.15, 0.2) is 5.58 Å². The van der Waals surface area contributed by atoms with Crippen LogP contribution in [0.3, 0.4) is 0 Å². The highest BCUT2D eigenvalue weighted by atomic mass is 32.1. The maximum atomic E-state index is 6.07. The van der Waals surface area contributed by atoms with Crippen molar-refractivity contribution in [2.24, 2.45) is 0 Å². The highest BCUT2D eigenvalue weighted by Crippen LogP contribution is 2.38. The Morgan fingerprint density at radius 3 is 2.74 bits per heavy atom. The Bertz CT molecular complexity index is 755. The lowest BCUT2D eigenvalue weighted by Gasteiger charge is -1.95. The van der Waals surface area contributed by atoms with Gasteiger partial charge in [0.25, 0.3) is 0 Å². The molecule has 0 unspecified atom stereocenters. The number of nitrogens with zero attached hydrogens (tertiary/aromatic N) is 1. The van der Waals surface area contributed by atoms with Gasteiger partial charge in [-0.3, -0.25) is 0 Å².